The molecule has 0 aliphatic heterocycles. The molecule has 1 unspecified atom stereocenters. The van der Waals surface area contributed by atoms with Crippen LogP contribution in [0.2, 0.25) is 0 Å². The van der Waals surface area contributed by atoms with Crippen LogP contribution in [0, 0.1) is 5.82 Å². The van der Waals surface area contributed by atoms with Crippen molar-refractivity contribution in [2.24, 2.45) is 5.73 Å². The lowest BCUT2D eigenvalue weighted by Crippen LogP contribution is -2.21. The van der Waals surface area contributed by atoms with Crippen molar-refractivity contribution in [2.45, 2.75) is 6.10 Å². The maximum atomic E-state index is 12.8. The normalized spacial score (nSPS) is 11.5. The van der Waals surface area contributed by atoms with Crippen molar-refractivity contribution >= 4 is 18.3 Å². The van der Waals surface area contributed by atoms with Crippen LogP contribution < -0.4 is 5.73 Å². The van der Waals surface area contributed by atoms with Gasteiger partial charge in [0.2, 0.25) is 0 Å². The Bertz CT molecular complexity index is 306. The number of rotatable bonds is 2. The number of hydrogen-bond acceptors (Lipinski definition) is 2. The molecule has 1 amide bonds. The lowest BCUT2D eigenvalue weighted by molar-refractivity contribution is -0.126. The van der Waals surface area contributed by atoms with Gasteiger partial charge in [-0.3, -0.25) is 4.79 Å². The molecule has 5 heteroatoms. The smallest absolute Gasteiger partial charge is 0.251 e. The minimum atomic E-state index is -1.56. The second kappa shape index (κ2) is 4.79. The molecule has 0 aliphatic rings. The fourth-order valence-electron chi connectivity index (χ4n) is 0.850. The van der Waals surface area contributed by atoms with Crippen molar-refractivity contribution < 1.29 is 14.3 Å². The first-order valence-electron chi connectivity index (χ1n) is 3.34. The number of halogens is 2. The predicted molar refractivity (Wildman–Crippen MR) is 47.8 cm³/mol. The van der Waals surface area contributed by atoms with E-state index in [9.17, 15) is 9.18 Å². The highest BCUT2D eigenvalue weighted by atomic mass is 35.5. The van der Waals surface area contributed by atoms with Crippen LogP contribution in [0.3, 0.4) is 0 Å². The van der Waals surface area contributed by atoms with Gasteiger partial charge in [0.25, 0.3) is 5.91 Å². The second-order valence-corrected chi connectivity index (χ2v) is 2.33. The number of hydrogen-bond donors (Lipinski definition) is 2. The summed E-state index contributed by atoms with van der Waals surface area (Å²) in [7, 11) is 0. The standard InChI is InChI=1S/C8H8FNO2.ClH/c9-6-4-2-1-3-5(6)7(11)8(10)12;/h1-4,7,11H,(H2,10,12);1H. The molecule has 3 N–H and O–H groups in total. The number of amides is 1. The third-order valence-corrected chi connectivity index (χ3v) is 1.47. The Kier molecular flexibility index (Phi) is 4.37. The molecule has 0 heterocycles. The molecule has 0 aliphatic carbocycles. The summed E-state index contributed by atoms with van der Waals surface area (Å²) in [5.41, 5.74) is 4.69. The summed E-state index contributed by atoms with van der Waals surface area (Å²) in [6, 6.07) is 5.45. The van der Waals surface area contributed by atoms with Crippen molar-refractivity contribution in [3.63, 3.8) is 0 Å². The Morgan fingerprint density at radius 1 is 1.46 bits per heavy atom. The summed E-state index contributed by atoms with van der Waals surface area (Å²) in [6.45, 7) is 0. The largest absolute Gasteiger partial charge is 0.378 e. The second-order valence-electron chi connectivity index (χ2n) is 2.33. The number of carbonyl (C=O) groups excluding carboxylic acids is 1. The van der Waals surface area contributed by atoms with Gasteiger partial charge < -0.3 is 10.8 Å². The van der Waals surface area contributed by atoms with Crippen molar-refractivity contribution in [2.75, 3.05) is 0 Å². The SMILES string of the molecule is Cl.NC(=O)C(O)c1ccccc1F. The van der Waals surface area contributed by atoms with E-state index in [1.54, 1.807) is 0 Å². The van der Waals surface area contributed by atoms with Gasteiger partial charge in [-0.1, -0.05) is 18.2 Å². The maximum absolute atomic E-state index is 12.8. The van der Waals surface area contributed by atoms with Gasteiger partial charge in [-0.15, -0.1) is 12.4 Å². The van der Waals surface area contributed by atoms with Crippen LogP contribution in [-0.4, -0.2) is 11.0 Å². The minimum Gasteiger partial charge on any atom is -0.378 e. The average molecular weight is 206 g/mol. The molecule has 3 nitrogen and oxygen atoms in total. The van der Waals surface area contributed by atoms with E-state index >= 15 is 0 Å². The number of primary amides is 1. The number of aliphatic hydroxyl groups excluding tert-OH is 1. The van der Waals surface area contributed by atoms with Gasteiger partial charge in [0.1, 0.15) is 5.82 Å². The van der Waals surface area contributed by atoms with Crippen molar-refractivity contribution in [3.8, 4) is 0 Å². The third-order valence-electron chi connectivity index (χ3n) is 1.47. The van der Waals surface area contributed by atoms with Gasteiger partial charge in [-0.05, 0) is 6.07 Å². The van der Waals surface area contributed by atoms with Crippen molar-refractivity contribution in [1.29, 1.82) is 0 Å². The van der Waals surface area contributed by atoms with E-state index < -0.39 is 17.8 Å². The highest BCUT2D eigenvalue weighted by Crippen LogP contribution is 2.15. The summed E-state index contributed by atoms with van der Waals surface area (Å²) in [6.07, 6.45) is -1.56. The number of aliphatic hydroxyl groups is 1. The maximum Gasteiger partial charge on any atom is 0.251 e. The molecule has 0 saturated heterocycles. The molecular formula is C8H9ClFNO2. The first kappa shape index (κ1) is 11.9. The van der Waals surface area contributed by atoms with E-state index in [-0.39, 0.29) is 18.0 Å². The molecule has 1 aromatic carbocycles. The Morgan fingerprint density at radius 3 is 2.46 bits per heavy atom. The van der Waals surface area contributed by atoms with Gasteiger partial charge in [0.05, 0.1) is 0 Å². The zero-order chi connectivity index (χ0) is 9.14. The molecule has 1 aromatic rings. The molecule has 72 valence electrons. The number of carbonyl (C=O) groups is 1. The highest BCUT2D eigenvalue weighted by molar-refractivity contribution is 5.85. The van der Waals surface area contributed by atoms with Gasteiger partial charge in [-0.2, -0.15) is 0 Å². The fourth-order valence-corrected chi connectivity index (χ4v) is 0.850. The van der Waals surface area contributed by atoms with Crippen molar-refractivity contribution in [1.82, 2.24) is 0 Å². The van der Waals surface area contributed by atoms with E-state index in [1.807, 2.05) is 0 Å². The molecule has 13 heavy (non-hydrogen) atoms. The lowest BCUT2D eigenvalue weighted by Gasteiger charge is -2.06. The molecule has 0 radical (unpaired) electrons. The summed E-state index contributed by atoms with van der Waals surface area (Å²) in [5, 5.41) is 9.06. The van der Waals surface area contributed by atoms with Gasteiger partial charge in [-0.25, -0.2) is 4.39 Å². The fraction of sp³-hybridized carbons (Fsp3) is 0.125. The minimum absolute atomic E-state index is 0. The Labute approximate surface area is 80.8 Å². The first-order valence-corrected chi connectivity index (χ1v) is 3.34. The average Bonchev–Trinajstić information content (AvgIpc) is 2.04. The molecule has 0 bridgehead atoms. The Balaban J connectivity index is 0.00000144. The van der Waals surface area contributed by atoms with Gasteiger partial charge >= 0.3 is 0 Å². The number of nitrogens with two attached hydrogens (primary N) is 1. The Morgan fingerprint density at radius 2 is 2.00 bits per heavy atom. The van der Waals surface area contributed by atoms with Crippen LogP contribution in [0.4, 0.5) is 4.39 Å². The lowest BCUT2D eigenvalue weighted by atomic mass is 10.1. The van der Waals surface area contributed by atoms with E-state index in [4.69, 9.17) is 10.8 Å². The van der Waals surface area contributed by atoms with Crippen LogP contribution in [0.5, 0.6) is 0 Å². The van der Waals surface area contributed by atoms with Crippen LogP contribution in [-0.2, 0) is 4.79 Å². The topological polar surface area (TPSA) is 63.3 Å². The molecule has 0 saturated carbocycles. The third kappa shape index (κ3) is 2.68. The highest BCUT2D eigenvalue weighted by Gasteiger charge is 2.16. The van der Waals surface area contributed by atoms with Crippen LogP contribution in [0.1, 0.15) is 11.7 Å². The zero-order valence-corrected chi connectivity index (χ0v) is 7.42. The van der Waals surface area contributed by atoms with Crippen LogP contribution in [0.15, 0.2) is 24.3 Å². The predicted octanol–water partition coefficient (Wildman–Crippen LogP) is 0.766. The molecule has 0 aromatic heterocycles. The molecule has 0 spiro atoms. The monoisotopic (exact) mass is 205 g/mol. The molecular weight excluding hydrogens is 197 g/mol. The summed E-state index contributed by atoms with van der Waals surface area (Å²) in [5.74, 6) is -1.59. The van der Waals surface area contributed by atoms with Crippen molar-refractivity contribution in [3.05, 3.63) is 35.6 Å². The van der Waals surface area contributed by atoms with E-state index in [0.717, 1.165) is 6.07 Å². The zero-order valence-electron chi connectivity index (χ0n) is 6.61. The van der Waals surface area contributed by atoms with E-state index in [1.165, 1.54) is 18.2 Å². The van der Waals surface area contributed by atoms with Gasteiger partial charge in [0, 0.05) is 5.56 Å². The quantitative estimate of drug-likeness (QED) is 0.749. The summed E-state index contributed by atoms with van der Waals surface area (Å²) >= 11 is 0. The first-order chi connectivity index (χ1) is 5.63. The molecule has 1 atom stereocenters. The van der Waals surface area contributed by atoms with Crippen LogP contribution >= 0.6 is 12.4 Å². The summed E-state index contributed by atoms with van der Waals surface area (Å²) in [4.78, 5) is 10.5. The molecule has 1 rings (SSSR count). The summed E-state index contributed by atoms with van der Waals surface area (Å²) < 4.78 is 12.8. The Hall–Kier alpha value is -1.13. The van der Waals surface area contributed by atoms with E-state index in [0.29, 0.717) is 0 Å². The van der Waals surface area contributed by atoms with Gasteiger partial charge in [0.15, 0.2) is 6.10 Å². The number of benzene rings is 1. The molecule has 0 fully saturated rings. The van der Waals surface area contributed by atoms with E-state index in [2.05, 4.69) is 0 Å². The van der Waals surface area contributed by atoms with Crippen LogP contribution in [0.25, 0.3) is 0 Å².